The van der Waals surface area contributed by atoms with Gasteiger partial charge in [0.15, 0.2) is 0 Å². The van der Waals surface area contributed by atoms with Crippen molar-refractivity contribution in [2.75, 3.05) is 38.5 Å². The van der Waals surface area contributed by atoms with Crippen molar-refractivity contribution in [1.82, 2.24) is 15.1 Å². The Balaban J connectivity index is 1.77. The third-order valence-electron chi connectivity index (χ3n) is 6.10. The van der Waals surface area contributed by atoms with E-state index in [1.54, 1.807) is 0 Å². The Bertz CT molecular complexity index is 375. The second-order valence-electron chi connectivity index (χ2n) is 8.54. The Morgan fingerprint density at radius 2 is 1.90 bits per heavy atom. The number of piperazine rings is 1. The van der Waals surface area contributed by atoms with Crippen molar-refractivity contribution in [2.45, 2.75) is 58.2 Å². The van der Waals surface area contributed by atoms with E-state index in [2.05, 4.69) is 55.4 Å². The zero-order chi connectivity index (χ0) is 15.3. The number of likely N-dealkylation sites (tertiary alicyclic amines) is 1. The first kappa shape index (κ1) is 16.1. The standard InChI is InChI=1S/C17H33N3S/c1-16(2,3)20-14(5-10-21)13(17(4)11-15(17)20)12-19-8-6-18-7-9-19/h13-15,18,21H,5-12H2,1-4H3/t13?,14-,15?,17-/m1/s1. The highest BCUT2D eigenvalue weighted by Gasteiger charge is 2.68. The van der Waals surface area contributed by atoms with Crippen molar-refractivity contribution in [3.05, 3.63) is 0 Å². The van der Waals surface area contributed by atoms with Gasteiger partial charge in [0.1, 0.15) is 0 Å². The van der Waals surface area contributed by atoms with Gasteiger partial charge in [0, 0.05) is 50.3 Å². The second kappa shape index (κ2) is 5.70. The van der Waals surface area contributed by atoms with Gasteiger partial charge in [0.25, 0.3) is 0 Å². The van der Waals surface area contributed by atoms with Gasteiger partial charge in [-0.05, 0) is 50.7 Å². The highest BCUT2D eigenvalue weighted by Crippen LogP contribution is 2.64. The molecule has 1 N–H and O–H groups in total. The molecule has 3 fully saturated rings. The SMILES string of the molecule is CC(C)(C)N1C2C[C@]2(C)C(CN2CCNCC2)[C@H]1CCS. The molecule has 0 amide bonds. The number of rotatable bonds is 4. The number of thiol groups is 1. The van der Waals surface area contributed by atoms with E-state index in [1.807, 2.05) is 0 Å². The summed E-state index contributed by atoms with van der Waals surface area (Å²) in [5.41, 5.74) is 0.847. The summed E-state index contributed by atoms with van der Waals surface area (Å²) in [5, 5.41) is 3.48. The van der Waals surface area contributed by atoms with Gasteiger partial charge in [-0.2, -0.15) is 12.6 Å². The highest BCUT2D eigenvalue weighted by molar-refractivity contribution is 7.80. The molecule has 2 unspecified atom stereocenters. The Morgan fingerprint density at radius 3 is 2.48 bits per heavy atom. The maximum absolute atomic E-state index is 4.56. The van der Waals surface area contributed by atoms with Crippen molar-refractivity contribution < 1.29 is 0 Å². The summed E-state index contributed by atoms with van der Waals surface area (Å²) in [6.07, 6.45) is 2.65. The van der Waals surface area contributed by atoms with Gasteiger partial charge >= 0.3 is 0 Å². The summed E-state index contributed by atoms with van der Waals surface area (Å²) in [5.74, 6) is 1.84. The van der Waals surface area contributed by atoms with Gasteiger partial charge in [-0.25, -0.2) is 0 Å². The minimum absolute atomic E-state index is 0.286. The molecule has 1 aliphatic carbocycles. The fraction of sp³-hybridized carbons (Fsp3) is 1.00. The largest absolute Gasteiger partial charge is 0.314 e. The lowest BCUT2D eigenvalue weighted by atomic mass is 9.84. The van der Waals surface area contributed by atoms with E-state index in [9.17, 15) is 0 Å². The second-order valence-corrected chi connectivity index (χ2v) is 8.99. The van der Waals surface area contributed by atoms with Crippen LogP contribution in [0.4, 0.5) is 0 Å². The van der Waals surface area contributed by atoms with Crippen molar-refractivity contribution in [2.24, 2.45) is 11.3 Å². The molecule has 2 saturated heterocycles. The molecule has 0 bridgehead atoms. The lowest BCUT2D eigenvalue weighted by Crippen LogP contribution is -2.52. The molecule has 3 nitrogen and oxygen atoms in total. The van der Waals surface area contributed by atoms with Crippen LogP contribution in [0.25, 0.3) is 0 Å². The first-order valence-electron chi connectivity index (χ1n) is 8.70. The third-order valence-corrected chi connectivity index (χ3v) is 6.36. The fourth-order valence-corrected chi connectivity index (χ4v) is 5.24. The maximum atomic E-state index is 4.56. The predicted molar refractivity (Wildman–Crippen MR) is 93.2 cm³/mol. The van der Waals surface area contributed by atoms with Crippen LogP contribution in [-0.2, 0) is 0 Å². The van der Waals surface area contributed by atoms with Gasteiger partial charge in [-0.3, -0.25) is 4.90 Å². The number of nitrogens with one attached hydrogen (secondary N) is 1. The van der Waals surface area contributed by atoms with Crippen molar-refractivity contribution in [3.63, 3.8) is 0 Å². The minimum Gasteiger partial charge on any atom is -0.314 e. The van der Waals surface area contributed by atoms with Crippen LogP contribution in [-0.4, -0.2) is 65.9 Å². The van der Waals surface area contributed by atoms with E-state index in [0.29, 0.717) is 5.41 Å². The van der Waals surface area contributed by atoms with Gasteiger partial charge in [0.05, 0.1) is 0 Å². The zero-order valence-corrected chi connectivity index (χ0v) is 15.1. The smallest absolute Gasteiger partial charge is 0.0167 e. The monoisotopic (exact) mass is 311 g/mol. The van der Waals surface area contributed by atoms with E-state index in [0.717, 1.165) is 36.8 Å². The Labute approximate surface area is 136 Å². The number of hydrogen-bond donors (Lipinski definition) is 2. The molecule has 0 spiro atoms. The first-order valence-corrected chi connectivity index (χ1v) is 9.33. The van der Waals surface area contributed by atoms with Crippen LogP contribution in [0.5, 0.6) is 0 Å². The molecular weight excluding hydrogens is 278 g/mol. The molecule has 4 heteroatoms. The zero-order valence-electron chi connectivity index (χ0n) is 14.2. The number of hydrogen-bond acceptors (Lipinski definition) is 4. The van der Waals surface area contributed by atoms with Gasteiger partial charge in [0.2, 0.25) is 0 Å². The topological polar surface area (TPSA) is 18.5 Å². The van der Waals surface area contributed by atoms with Gasteiger partial charge < -0.3 is 10.2 Å². The predicted octanol–water partition coefficient (Wildman–Crippen LogP) is 2.09. The molecule has 0 aromatic heterocycles. The lowest BCUT2D eigenvalue weighted by molar-refractivity contribution is 0.0611. The van der Waals surface area contributed by atoms with E-state index < -0.39 is 0 Å². The third kappa shape index (κ3) is 2.89. The van der Waals surface area contributed by atoms with E-state index >= 15 is 0 Å². The summed E-state index contributed by atoms with van der Waals surface area (Å²) in [7, 11) is 0. The summed E-state index contributed by atoms with van der Waals surface area (Å²) in [6.45, 7) is 15.8. The molecule has 21 heavy (non-hydrogen) atoms. The van der Waals surface area contributed by atoms with Gasteiger partial charge in [-0.1, -0.05) is 6.92 Å². The molecule has 2 heterocycles. The van der Waals surface area contributed by atoms with Crippen molar-refractivity contribution >= 4 is 12.6 Å². The Hall–Kier alpha value is 0.230. The average molecular weight is 312 g/mol. The summed E-state index contributed by atoms with van der Waals surface area (Å²) in [6, 6.07) is 1.54. The first-order chi connectivity index (χ1) is 9.88. The molecule has 0 aromatic carbocycles. The fourth-order valence-electron chi connectivity index (χ4n) is 4.98. The van der Waals surface area contributed by atoms with Crippen LogP contribution < -0.4 is 5.32 Å². The quantitative estimate of drug-likeness (QED) is 0.775. The molecule has 4 atom stereocenters. The van der Waals surface area contributed by atoms with E-state index in [1.165, 1.54) is 32.5 Å². The van der Waals surface area contributed by atoms with Crippen LogP contribution in [0.15, 0.2) is 0 Å². The van der Waals surface area contributed by atoms with Gasteiger partial charge in [-0.15, -0.1) is 0 Å². The van der Waals surface area contributed by atoms with Crippen LogP contribution in [0, 0.1) is 11.3 Å². The summed E-state index contributed by atoms with van der Waals surface area (Å²) in [4.78, 5) is 5.54. The lowest BCUT2D eigenvalue weighted by Gasteiger charge is -2.42. The maximum Gasteiger partial charge on any atom is 0.0167 e. The number of nitrogens with zero attached hydrogens (tertiary/aromatic N) is 2. The van der Waals surface area contributed by atoms with Crippen LogP contribution in [0.3, 0.4) is 0 Å². The molecule has 3 rings (SSSR count). The van der Waals surface area contributed by atoms with Crippen LogP contribution in [0.1, 0.15) is 40.5 Å². The molecule has 0 aromatic rings. The Morgan fingerprint density at radius 1 is 1.24 bits per heavy atom. The number of fused-ring (bicyclic) bond motifs is 1. The molecule has 3 aliphatic rings. The summed E-state index contributed by atoms with van der Waals surface area (Å²) >= 11 is 4.56. The van der Waals surface area contributed by atoms with E-state index in [-0.39, 0.29) is 5.54 Å². The van der Waals surface area contributed by atoms with Crippen molar-refractivity contribution in [1.29, 1.82) is 0 Å². The normalized spacial score (nSPS) is 41.3. The molecule has 2 aliphatic heterocycles. The molecule has 122 valence electrons. The van der Waals surface area contributed by atoms with Crippen LogP contribution in [0.2, 0.25) is 0 Å². The molecule has 1 saturated carbocycles. The summed E-state index contributed by atoms with van der Waals surface area (Å²) < 4.78 is 0. The molecular formula is C17H33N3S. The number of piperidine rings is 1. The van der Waals surface area contributed by atoms with E-state index in [4.69, 9.17) is 0 Å². The highest BCUT2D eigenvalue weighted by atomic mass is 32.1. The van der Waals surface area contributed by atoms with Crippen molar-refractivity contribution in [3.8, 4) is 0 Å². The Kier molecular flexibility index (Phi) is 4.37. The molecule has 0 radical (unpaired) electrons. The average Bonchev–Trinajstić information content (AvgIpc) is 3.01. The van der Waals surface area contributed by atoms with Crippen LogP contribution >= 0.6 is 12.6 Å². The minimum atomic E-state index is 0.286.